The van der Waals surface area contributed by atoms with Gasteiger partial charge in [-0.2, -0.15) is 0 Å². The van der Waals surface area contributed by atoms with Crippen LogP contribution in [-0.4, -0.2) is 65.8 Å². The van der Waals surface area contributed by atoms with Gasteiger partial charge in [-0.25, -0.2) is 4.79 Å². The van der Waals surface area contributed by atoms with Gasteiger partial charge < -0.3 is 14.7 Å². The Labute approximate surface area is 106 Å². The summed E-state index contributed by atoms with van der Waals surface area (Å²) in [5.41, 5.74) is 0. The molecule has 0 aromatic carbocycles. The first-order valence-electron chi connectivity index (χ1n) is 6.42. The minimum atomic E-state index is -0.848. The summed E-state index contributed by atoms with van der Waals surface area (Å²) >= 11 is 0. The van der Waals surface area contributed by atoms with E-state index in [1.54, 1.807) is 0 Å². The molecule has 2 fully saturated rings. The molecule has 2 rings (SSSR count). The zero-order chi connectivity index (χ0) is 13.1. The maximum atomic E-state index is 11.4. The molecule has 0 aromatic heterocycles. The van der Waals surface area contributed by atoms with Crippen LogP contribution >= 0.6 is 0 Å². The Bertz CT molecular complexity index is 322. The summed E-state index contributed by atoms with van der Waals surface area (Å²) in [6.07, 6.45) is 3.03. The molecule has 0 atom stereocenters. The van der Waals surface area contributed by atoms with Gasteiger partial charge >= 0.3 is 12.1 Å². The van der Waals surface area contributed by atoms with Gasteiger partial charge in [0.1, 0.15) is 0 Å². The monoisotopic (exact) mass is 256 g/mol. The number of likely N-dealkylation sites (tertiary alicyclic amines) is 1. The lowest BCUT2D eigenvalue weighted by atomic mass is 10.0. The van der Waals surface area contributed by atoms with Gasteiger partial charge in [0.05, 0.1) is 13.7 Å². The predicted octanol–water partition coefficient (Wildman–Crippen LogP) is 0.766. The van der Waals surface area contributed by atoms with Crippen molar-refractivity contribution in [2.45, 2.75) is 37.8 Å². The Kier molecular flexibility index (Phi) is 4.06. The van der Waals surface area contributed by atoms with E-state index in [0.29, 0.717) is 31.7 Å². The van der Waals surface area contributed by atoms with Crippen LogP contribution in [0.15, 0.2) is 0 Å². The summed E-state index contributed by atoms with van der Waals surface area (Å²) in [5.74, 6) is -0.206. The molecular weight excluding hydrogens is 236 g/mol. The van der Waals surface area contributed by atoms with Crippen LogP contribution < -0.4 is 0 Å². The molecule has 102 valence electrons. The van der Waals surface area contributed by atoms with E-state index in [0.717, 1.165) is 25.7 Å². The second kappa shape index (κ2) is 5.56. The first-order chi connectivity index (χ1) is 8.61. The highest BCUT2D eigenvalue weighted by Crippen LogP contribution is 2.31. The average molecular weight is 256 g/mol. The van der Waals surface area contributed by atoms with E-state index in [-0.39, 0.29) is 5.97 Å². The molecule has 0 unspecified atom stereocenters. The Hall–Kier alpha value is -1.30. The summed E-state index contributed by atoms with van der Waals surface area (Å²) in [6.45, 7) is 1.45. The second-order valence-corrected chi connectivity index (χ2v) is 4.98. The van der Waals surface area contributed by atoms with E-state index in [2.05, 4.69) is 4.90 Å². The van der Waals surface area contributed by atoms with Crippen molar-refractivity contribution >= 4 is 12.1 Å². The molecule has 0 bridgehead atoms. The normalized spacial score (nSPS) is 21.1. The van der Waals surface area contributed by atoms with E-state index in [9.17, 15) is 9.59 Å². The molecule has 1 aliphatic heterocycles. The molecule has 0 spiro atoms. The van der Waals surface area contributed by atoms with Gasteiger partial charge in [0, 0.05) is 25.2 Å². The Morgan fingerprint density at radius 2 is 1.78 bits per heavy atom. The Morgan fingerprint density at radius 3 is 2.22 bits per heavy atom. The van der Waals surface area contributed by atoms with Crippen LogP contribution in [0.3, 0.4) is 0 Å². The lowest BCUT2D eigenvalue weighted by Crippen LogP contribution is -2.48. The van der Waals surface area contributed by atoms with Crippen LogP contribution in [0.5, 0.6) is 0 Å². The SMILES string of the molecule is COC(=O)CN(C1CC1)C1CCN(C(=O)O)CC1. The molecule has 2 aliphatic rings. The number of methoxy groups -OCH3 is 1. The molecule has 6 heteroatoms. The van der Waals surface area contributed by atoms with Crippen LogP contribution in [0.1, 0.15) is 25.7 Å². The van der Waals surface area contributed by atoms with E-state index < -0.39 is 6.09 Å². The van der Waals surface area contributed by atoms with E-state index in [1.165, 1.54) is 12.0 Å². The van der Waals surface area contributed by atoms with Crippen LogP contribution in [0, 0.1) is 0 Å². The average Bonchev–Trinajstić information content (AvgIpc) is 3.20. The maximum absolute atomic E-state index is 11.4. The number of esters is 1. The summed E-state index contributed by atoms with van der Waals surface area (Å²) in [4.78, 5) is 25.9. The summed E-state index contributed by atoms with van der Waals surface area (Å²) in [7, 11) is 1.40. The van der Waals surface area contributed by atoms with Crippen LogP contribution in [0.4, 0.5) is 4.79 Å². The van der Waals surface area contributed by atoms with Gasteiger partial charge in [-0.1, -0.05) is 0 Å². The van der Waals surface area contributed by atoms with Crippen molar-refractivity contribution in [1.29, 1.82) is 0 Å². The van der Waals surface area contributed by atoms with E-state index in [4.69, 9.17) is 9.84 Å². The summed E-state index contributed by atoms with van der Waals surface area (Å²) in [5, 5.41) is 8.91. The number of hydrogen-bond acceptors (Lipinski definition) is 4. The second-order valence-electron chi connectivity index (χ2n) is 4.98. The van der Waals surface area contributed by atoms with Gasteiger partial charge in [-0.05, 0) is 25.7 Å². The molecule has 1 heterocycles. The quantitative estimate of drug-likeness (QED) is 0.752. The molecule has 1 amide bonds. The zero-order valence-electron chi connectivity index (χ0n) is 10.7. The number of carbonyl (C=O) groups is 2. The standard InChI is InChI=1S/C12H20N2O4/c1-18-11(15)8-14(9-2-3-9)10-4-6-13(7-5-10)12(16)17/h9-10H,2-8H2,1H3,(H,16,17). The molecule has 1 saturated heterocycles. The van der Waals surface area contributed by atoms with E-state index >= 15 is 0 Å². The number of carboxylic acid groups (broad SMARTS) is 1. The highest BCUT2D eigenvalue weighted by atomic mass is 16.5. The molecular formula is C12H20N2O4. The number of carbonyl (C=O) groups excluding carboxylic acids is 1. The molecule has 1 saturated carbocycles. The van der Waals surface area contributed by atoms with Gasteiger partial charge in [-0.3, -0.25) is 9.69 Å². The minimum absolute atomic E-state index is 0.206. The Balaban J connectivity index is 1.88. The number of rotatable bonds is 4. The minimum Gasteiger partial charge on any atom is -0.468 e. The van der Waals surface area contributed by atoms with Crippen molar-refractivity contribution in [2.24, 2.45) is 0 Å². The number of amides is 1. The van der Waals surface area contributed by atoms with Crippen molar-refractivity contribution in [3.05, 3.63) is 0 Å². The summed E-state index contributed by atoms with van der Waals surface area (Å²) < 4.78 is 4.72. The van der Waals surface area contributed by atoms with Crippen molar-refractivity contribution in [3.8, 4) is 0 Å². The molecule has 1 aliphatic carbocycles. The number of hydrogen-bond donors (Lipinski definition) is 1. The predicted molar refractivity (Wildman–Crippen MR) is 64.4 cm³/mol. The number of piperidine rings is 1. The van der Waals surface area contributed by atoms with Gasteiger partial charge in [-0.15, -0.1) is 0 Å². The molecule has 6 nitrogen and oxygen atoms in total. The third-order valence-electron chi connectivity index (χ3n) is 3.76. The number of nitrogens with zero attached hydrogens (tertiary/aromatic N) is 2. The van der Waals surface area contributed by atoms with Gasteiger partial charge in [0.2, 0.25) is 0 Å². The van der Waals surface area contributed by atoms with Gasteiger partial charge in [0.15, 0.2) is 0 Å². The molecule has 1 N–H and O–H groups in total. The largest absolute Gasteiger partial charge is 0.468 e. The molecule has 0 aromatic rings. The van der Waals surface area contributed by atoms with Crippen LogP contribution in [0.25, 0.3) is 0 Å². The van der Waals surface area contributed by atoms with Crippen LogP contribution in [0.2, 0.25) is 0 Å². The van der Waals surface area contributed by atoms with Crippen molar-refractivity contribution in [1.82, 2.24) is 9.80 Å². The van der Waals surface area contributed by atoms with Crippen molar-refractivity contribution in [2.75, 3.05) is 26.7 Å². The maximum Gasteiger partial charge on any atom is 0.407 e. The molecule has 0 radical (unpaired) electrons. The fraction of sp³-hybridized carbons (Fsp3) is 0.833. The summed E-state index contributed by atoms with van der Waals surface area (Å²) in [6, 6.07) is 0.803. The smallest absolute Gasteiger partial charge is 0.407 e. The fourth-order valence-electron chi connectivity index (χ4n) is 2.56. The lowest BCUT2D eigenvalue weighted by molar-refractivity contribution is -0.143. The third-order valence-corrected chi connectivity index (χ3v) is 3.76. The lowest BCUT2D eigenvalue weighted by Gasteiger charge is -2.37. The first kappa shape index (κ1) is 13.1. The molecule has 18 heavy (non-hydrogen) atoms. The first-order valence-corrected chi connectivity index (χ1v) is 6.42. The van der Waals surface area contributed by atoms with E-state index in [1.807, 2.05) is 0 Å². The Morgan fingerprint density at radius 1 is 1.22 bits per heavy atom. The topological polar surface area (TPSA) is 70.1 Å². The fourth-order valence-corrected chi connectivity index (χ4v) is 2.56. The third kappa shape index (κ3) is 3.13. The van der Waals surface area contributed by atoms with Crippen LogP contribution in [-0.2, 0) is 9.53 Å². The number of ether oxygens (including phenoxy) is 1. The van der Waals surface area contributed by atoms with Crippen molar-refractivity contribution in [3.63, 3.8) is 0 Å². The van der Waals surface area contributed by atoms with Crippen molar-refractivity contribution < 1.29 is 19.4 Å². The van der Waals surface area contributed by atoms with Gasteiger partial charge in [0.25, 0.3) is 0 Å². The highest BCUT2D eigenvalue weighted by molar-refractivity contribution is 5.71. The highest BCUT2D eigenvalue weighted by Gasteiger charge is 2.37. The zero-order valence-corrected chi connectivity index (χ0v) is 10.7.